The predicted molar refractivity (Wildman–Crippen MR) is 560 cm³/mol. The quantitative estimate of drug-likeness (QED) is 0.0311. The van der Waals surface area contributed by atoms with Crippen molar-refractivity contribution in [1.82, 2.24) is 0 Å². The highest BCUT2D eigenvalue weighted by atomic mass is 127. The van der Waals surface area contributed by atoms with Crippen LogP contribution in [0.5, 0.6) is 0 Å². The summed E-state index contributed by atoms with van der Waals surface area (Å²) in [5.74, 6) is -0.657. The normalized spacial score (nSPS) is 10.8. The van der Waals surface area contributed by atoms with Crippen molar-refractivity contribution < 1.29 is 18.8 Å². The number of thiophene rings is 2. The van der Waals surface area contributed by atoms with Gasteiger partial charge < -0.3 is 25.2 Å². The molecular weight excluding hydrogens is 2060 g/mol. The van der Waals surface area contributed by atoms with E-state index in [1.807, 2.05) is 173 Å². The van der Waals surface area contributed by atoms with Crippen molar-refractivity contribution in [3.8, 4) is 11.1 Å². The van der Waals surface area contributed by atoms with E-state index in [0.29, 0.717) is 38.5 Å². The van der Waals surface area contributed by atoms with Crippen LogP contribution in [0, 0.1) is 15.2 Å². The smallest absolute Gasteiger partial charge is 0.423 e. The summed E-state index contributed by atoms with van der Waals surface area (Å²) in [6.07, 6.45) is 0. The van der Waals surface area contributed by atoms with Crippen LogP contribution < -0.4 is 20.6 Å². The van der Waals surface area contributed by atoms with Crippen molar-refractivity contribution in [2.45, 2.75) is 24.6 Å². The second-order valence-corrected chi connectivity index (χ2v) is 36.7. The summed E-state index contributed by atoms with van der Waals surface area (Å²) >= 11 is 52.7. The molecule has 0 atom stereocenters. The zero-order valence-electron chi connectivity index (χ0n) is 63.4. The number of hydrogen-bond donors (Lipinski definition) is 5. The fourth-order valence-corrected chi connectivity index (χ4v) is 21.7. The van der Waals surface area contributed by atoms with Gasteiger partial charge in [0.05, 0.1) is 14.9 Å². The van der Waals surface area contributed by atoms with E-state index in [1.54, 1.807) is 29.5 Å². The Morgan fingerprint density at radius 3 is 1.20 bits per heavy atom. The van der Waals surface area contributed by atoms with Crippen LogP contribution in [0.4, 0.5) is 54.3 Å². The molecule has 0 spiro atoms. The molecule has 0 aliphatic rings. The van der Waals surface area contributed by atoms with E-state index in [4.69, 9.17) is 56.5 Å². The molecule has 0 saturated heterocycles. The highest BCUT2D eigenvalue weighted by Crippen LogP contribution is 2.52. The summed E-state index contributed by atoms with van der Waals surface area (Å²) in [6.45, 7) is 0. The van der Waals surface area contributed by atoms with Crippen LogP contribution in [0.1, 0.15) is 14.9 Å². The third kappa shape index (κ3) is 21.2. The average Bonchev–Trinajstić information content (AvgIpc) is 1.62. The van der Waals surface area contributed by atoms with Crippen LogP contribution in [0.25, 0.3) is 94.6 Å². The molecule has 3 N–H and O–H groups in total. The number of thiol groups is 2. The molecule has 0 radical (unpaired) electrons. The van der Waals surface area contributed by atoms with E-state index in [9.17, 15) is 8.78 Å². The van der Waals surface area contributed by atoms with E-state index in [2.05, 4.69) is 298 Å². The number of anilines is 8. The second-order valence-electron chi connectivity index (χ2n) is 27.4. The summed E-state index contributed by atoms with van der Waals surface area (Å²) in [5.41, 5.74) is 10.5. The third-order valence-electron chi connectivity index (χ3n) is 19.7. The molecule has 2 aromatic heterocycles. The fraction of sp³-hybridized carbons (Fsp3) is 0.0196. The minimum Gasteiger partial charge on any atom is -0.423 e. The second kappa shape index (κ2) is 42.5. The van der Waals surface area contributed by atoms with Gasteiger partial charge in [0, 0.05) is 144 Å². The van der Waals surface area contributed by atoms with Crippen LogP contribution in [0.3, 0.4) is 0 Å². The number of nitrogens with zero attached hydrogens (tertiary/aromatic N) is 2. The van der Waals surface area contributed by atoms with Gasteiger partial charge in [0.1, 0.15) is 11.6 Å². The molecule has 0 unspecified atom stereocenters. The molecule has 2 heterocycles. The Bertz CT molecular complexity index is 6970. The van der Waals surface area contributed by atoms with Gasteiger partial charge >= 0.3 is 7.12 Å². The molecule has 0 aliphatic carbocycles. The van der Waals surface area contributed by atoms with Crippen LogP contribution >= 0.6 is 181 Å². The number of para-hydroxylation sites is 6. The van der Waals surface area contributed by atoms with E-state index in [-0.39, 0.29) is 26.5 Å². The van der Waals surface area contributed by atoms with Gasteiger partial charge in [-0.15, -0.1) is 47.9 Å². The minimum absolute atomic E-state index is 0. The summed E-state index contributed by atoms with van der Waals surface area (Å²) in [5, 5.41) is 37.6. The molecule has 0 fully saturated rings. The van der Waals surface area contributed by atoms with Gasteiger partial charge in [0.2, 0.25) is 0 Å². The van der Waals surface area contributed by atoms with E-state index in [0.717, 1.165) is 101 Å². The molecule has 20 aromatic rings. The minimum atomic E-state index is -1.47. The summed E-state index contributed by atoms with van der Waals surface area (Å²) in [7, 11) is -1.47. The first kappa shape index (κ1) is 91.9. The molecule has 0 amide bonds. The summed E-state index contributed by atoms with van der Waals surface area (Å²) in [4.78, 5) is 6.07. The first-order chi connectivity index (χ1) is 58.7. The predicted octanol–water partition coefficient (Wildman–Crippen LogP) is 35.9. The first-order valence-electron chi connectivity index (χ1n) is 37.6. The Morgan fingerprint density at radius 2 is 0.715 bits per heavy atom. The Hall–Kier alpha value is -8.81. The van der Waals surface area contributed by atoms with Gasteiger partial charge in [0.15, 0.2) is 0 Å². The molecule has 18 aromatic carbocycles. The van der Waals surface area contributed by atoms with Gasteiger partial charge in [-0.3, -0.25) is 0 Å². The fourth-order valence-electron chi connectivity index (χ4n) is 14.3. The van der Waals surface area contributed by atoms with Crippen molar-refractivity contribution in [1.29, 1.82) is 0 Å². The number of fused-ring (bicyclic) bond motifs is 12. The van der Waals surface area contributed by atoms with Gasteiger partial charge in [-0.2, -0.15) is 0 Å². The Labute approximate surface area is 800 Å². The Kier molecular flexibility index (Phi) is 31.7. The van der Waals surface area contributed by atoms with Crippen LogP contribution in [-0.2, 0) is 0 Å². The van der Waals surface area contributed by atoms with Crippen molar-refractivity contribution in [2.75, 3.05) is 15.1 Å². The van der Waals surface area contributed by atoms with Crippen molar-refractivity contribution >= 4 is 322 Å². The summed E-state index contributed by atoms with van der Waals surface area (Å²) in [6, 6.07) is 122. The Balaban J connectivity index is 0.000000138. The zero-order valence-corrected chi connectivity index (χ0v) is 78.3. The largest absolute Gasteiger partial charge is 0.489 e. The number of benzene rings is 18. The molecule has 5 nitrogen and oxygen atoms in total. The first-order valence-corrected chi connectivity index (χ1v) is 45.9. The van der Waals surface area contributed by atoms with Gasteiger partial charge in [-0.1, -0.05) is 324 Å². The molecule has 123 heavy (non-hydrogen) atoms. The van der Waals surface area contributed by atoms with Gasteiger partial charge in [-0.05, 0) is 226 Å². The van der Waals surface area contributed by atoms with Crippen molar-refractivity contribution in [2.24, 2.45) is 0 Å². The number of halogens is 11. The lowest BCUT2D eigenvalue weighted by atomic mass is 9.79. The van der Waals surface area contributed by atoms with Crippen molar-refractivity contribution in [3.05, 3.63) is 417 Å². The highest BCUT2D eigenvalue weighted by Gasteiger charge is 2.25. The maximum Gasteiger partial charge on any atom is 0.489 e. The van der Waals surface area contributed by atoms with E-state index in [1.165, 1.54) is 69.3 Å². The monoisotopic (exact) mass is 2130 g/mol. The molecule has 21 heteroatoms. The zero-order chi connectivity index (χ0) is 84.4. The molecule has 0 bridgehead atoms. The van der Waals surface area contributed by atoms with Crippen LogP contribution in [-0.4, -0.2) is 17.2 Å². The summed E-state index contributed by atoms with van der Waals surface area (Å²) < 4.78 is 35.9. The van der Waals surface area contributed by atoms with Gasteiger partial charge in [-0.25, -0.2) is 8.78 Å². The maximum atomic E-state index is 14.2. The van der Waals surface area contributed by atoms with Crippen molar-refractivity contribution in [3.63, 3.8) is 0 Å². The lowest BCUT2D eigenvalue weighted by Crippen LogP contribution is -2.31. The molecular formula is C102H73BBr4Cl4F2IN3O2S4. The molecule has 20 rings (SSSR count). The standard InChI is InChI=1S/C40H27ClN2S.C16H7Br2ClS.C16H9BrClFS.C12H11N.C10H9BO2S.C6H2BrClFI.2CH4/c41-28-25-37(43(31-19-9-3-10-20-31)32-21-11-4-12-22-32)39-35-27-36(33-23-13-14-24-34(33)40(35)44-38(39)26-28)42(29-15-5-1-6-16-29)30-17-7-2-8-18-30;17-12-7-11-15-13(18)5-8(19)6-14(15)20-16(11)10-4-2-1-3-9(10)12;17-13-7-10(18)8-14(19)15(13)12-6-5-9-3-1-2-4-11(9)16(12)20;1-3-7-11(8-4-1)13-12-9-5-2-6-10-12;12-11(13)9-6-5-7-3-1-2-4-8(7)10(9)14;7-4-1-3(8)2-5(9)6(4)10;;/h1-27H;1-7H;1-8,20H;1-10,13H;1-6,12-14H;1-2H;2*1H4. The number of rotatable bonds is 10. The maximum absolute atomic E-state index is 14.2. The lowest BCUT2D eigenvalue weighted by molar-refractivity contribution is 0.425. The SMILES string of the molecule is C.C.Clc1cc(Br)c2c(c1)sc1c3ccccc3c(Br)cc12.Clc1cc(N(c2ccccc2)c2ccccc2)c2c(c1)sc1c3ccccc3c(N(c3ccccc3)c3ccccc3)cc12.Fc1cc(Cl)cc(Br)c1-c1ccc2ccccc2c1S.Fc1cc(Cl)cc(Br)c1I.OB(O)c1ccc2ccccc2c1S.c1ccc(Nc2ccccc2)cc1. The average molecular weight is 2140 g/mol. The molecule has 0 saturated carbocycles. The number of nitrogens with one attached hydrogen (secondary N) is 1. The van der Waals surface area contributed by atoms with Crippen LogP contribution in [0.15, 0.2) is 392 Å². The molecule has 612 valence electrons. The Morgan fingerprint density at radius 1 is 0.341 bits per heavy atom. The topological polar surface area (TPSA) is 59.0 Å². The van der Waals surface area contributed by atoms with Gasteiger partial charge in [0.25, 0.3) is 0 Å². The third-order valence-corrected chi connectivity index (χ3v) is 28.3. The number of hydrogen-bond acceptors (Lipinski definition) is 9. The highest BCUT2D eigenvalue weighted by molar-refractivity contribution is 14.1. The lowest BCUT2D eigenvalue weighted by Gasteiger charge is -2.28. The van der Waals surface area contributed by atoms with E-state index >= 15 is 0 Å². The van der Waals surface area contributed by atoms with Crippen LogP contribution in [0.2, 0.25) is 20.1 Å². The molecule has 0 aliphatic heterocycles. The van der Waals surface area contributed by atoms with E-state index < -0.39 is 7.12 Å².